The number of hydrogen-bond acceptors (Lipinski definition) is 1. The van der Waals surface area contributed by atoms with Crippen molar-refractivity contribution in [2.24, 2.45) is 29.1 Å². The standard InChI is InChI=1S/C23H42O/c1-17-5-9-19(10-6-17)23(3,4)20-11-15-22(16-12-20)24-21-13-7-18(2)8-14-21/h17-22H,5-16H2,1-4H3. The predicted octanol–water partition coefficient (Wildman–Crippen LogP) is 6.99. The van der Waals surface area contributed by atoms with Crippen molar-refractivity contribution >= 4 is 0 Å². The molecule has 0 N–H and O–H groups in total. The largest absolute Gasteiger partial charge is 0.375 e. The van der Waals surface area contributed by atoms with Crippen molar-refractivity contribution in [3.05, 3.63) is 0 Å². The van der Waals surface area contributed by atoms with Crippen LogP contribution in [0.15, 0.2) is 0 Å². The molecule has 0 heterocycles. The van der Waals surface area contributed by atoms with Crippen LogP contribution in [0.2, 0.25) is 0 Å². The van der Waals surface area contributed by atoms with Crippen molar-refractivity contribution in [3.8, 4) is 0 Å². The van der Waals surface area contributed by atoms with Crippen molar-refractivity contribution in [1.29, 1.82) is 0 Å². The molecule has 0 aliphatic heterocycles. The van der Waals surface area contributed by atoms with Crippen LogP contribution in [0, 0.1) is 29.1 Å². The first kappa shape index (κ1) is 18.7. The van der Waals surface area contributed by atoms with Crippen LogP contribution in [-0.2, 0) is 4.74 Å². The van der Waals surface area contributed by atoms with Gasteiger partial charge in [0, 0.05) is 0 Å². The summed E-state index contributed by atoms with van der Waals surface area (Å²) in [6, 6.07) is 0. The smallest absolute Gasteiger partial charge is 0.0579 e. The van der Waals surface area contributed by atoms with Crippen LogP contribution in [0.25, 0.3) is 0 Å². The highest BCUT2D eigenvalue weighted by atomic mass is 16.5. The molecule has 3 aliphatic carbocycles. The van der Waals surface area contributed by atoms with E-state index in [1.807, 2.05) is 0 Å². The summed E-state index contributed by atoms with van der Waals surface area (Å²) in [6.45, 7) is 10.0. The van der Waals surface area contributed by atoms with Gasteiger partial charge in [0.05, 0.1) is 12.2 Å². The molecule has 3 fully saturated rings. The van der Waals surface area contributed by atoms with E-state index in [0.29, 0.717) is 17.6 Å². The van der Waals surface area contributed by atoms with E-state index in [9.17, 15) is 0 Å². The Morgan fingerprint density at radius 1 is 0.542 bits per heavy atom. The first-order chi connectivity index (χ1) is 11.4. The fourth-order valence-electron chi connectivity index (χ4n) is 5.92. The zero-order valence-electron chi connectivity index (χ0n) is 16.9. The maximum absolute atomic E-state index is 6.50. The van der Waals surface area contributed by atoms with E-state index in [4.69, 9.17) is 4.74 Å². The molecule has 0 aromatic rings. The van der Waals surface area contributed by atoms with Crippen molar-refractivity contribution < 1.29 is 4.74 Å². The van der Waals surface area contributed by atoms with Crippen LogP contribution in [0.4, 0.5) is 0 Å². The second kappa shape index (κ2) is 8.11. The Bertz CT molecular complexity index is 363. The highest BCUT2D eigenvalue weighted by molar-refractivity contribution is 4.90. The van der Waals surface area contributed by atoms with Gasteiger partial charge >= 0.3 is 0 Å². The third kappa shape index (κ3) is 4.57. The maximum atomic E-state index is 6.50. The van der Waals surface area contributed by atoms with Crippen molar-refractivity contribution in [2.45, 2.75) is 117 Å². The van der Waals surface area contributed by atoms with Gasteiger partial charge in [0.1, 0.15) is 0 Å². The van der Waals surface area contributed by atoms with Crippen LogP contribution in [-0.4, -0.2) is 12.2 Å². The third-order valence-corrected chi connectivity index (χ3v) is 8.14. The van der Waals surface area contributed by atoms with Gasteiger partial charge in [-0.05, 0) is 93.3 Å². The molecular formula is C23H42O. The first-order valence-corrected chi connectivity index (χ1v) is 11.1. The highest BCUT2D eigenvalue weighted by Crippen LogP contribution is 2.49. The molecule has 0 amide bonds. The molecule has 0 aromatic carbocycles. The molecule has 0 atom stereocenters. The lowest BCUT2D eigenvalue weighted by Crippen LogP contribution is -2.38. The van der Waals surface area contributed by atoms with Gasteiger partial charge in [-0.15, -0.1) is 0 Å². The molecule has 1 nitrogen and oxygen atoms in total. The van der Waals surface area contributed by atoms with Gasteiger partial charge in [-0.2, -0.15) is 0 Å². The molecular weight excluding hydrogens is 292 g/mol. The summed E-state index contributed by atoms with van der Waals surface area (Å²) in [4.78, 5) is 0. The van der Waals surface area contributed by atoms with Crippen molar-refractivity contribution in [2.75, 3.05) is 0 Å². The molecule has 3 aliphatic rings. The third-order valence-electron chi connectivity index (χ3n) is 8.14. The fourth-order valence-corrected chi connectivity index (χ4v) is 5.92. The summed E-state index contributed by atoms with van der Waals surface area (Å²) in [5.41, 5.74) is 0.547. The molecule has 0 saturated heterocycles. The molecule has 3 saturated carbocycles. The quantitative estimate of drug-likeness (QED) is 0.538. The summed E-state index contributed by atoms with van der Waals surface area (Å²) >= 11 is 0. The van der Waals surface area contributed by atoms with Gasteiger partial charge in [0.25, 0.3) is 0 Å². The summed E-state index contributed by atoms with van der Waals surface area (Å²) in [5.74, 6) is 3.80. The molecule has 0 spiro atoms. The summed E-state index contributed by atoms with van der Waals surface area (Å²) in [7, 11) is 0. The lowest BCUT2D eigenvalue weighted by Gasteiger charge is -2.47. The zero-order valence-corrected chi connectivity index (χ0v) is 16.9. The molecule has 3 rings (SSSR count). The highest BCUT2D eigenvalue weighted by Gasteiger charge is 2.40. The van der Waals surface area contributed by atoms with E-state index in [2.05, 4.69) is 27.7 Å². The number of hydrogen-bond donors (Lipinski definition) is 0. The van der Waals surface area contributed by atoms with Crippen LogP contribution < -0.4 is 0 Å². The second-order valence-corrected chi connectivity index (χ2v) is 10.3. The van der Waals surface area contributed by atoms with Gasteiger partial charge < -0.3 is 4.74 Å². The molecule has 0 radical (unpaired) electrons. The summed E-state index contributed by atoms with van der Waals surface area (Å²) < 4.78 is 6.50. The fraction of sp³-hybridized carbons (Fsp3) is 1.00. The van der Waals surface area contributed by atoms with Gasteiger partial charge in [0.2, 0.25) is 0 Å². The van der Waals surface area contributed by atoms with Gasteiger partial charge in [-0.3, -0.25) is 0 Å². The molecule has 140 valence electrons. The van der Waals surface area contributed by atoms with Crippen LogP contribution in [0.5, 0.6) is 0 Å². The average molecular weight is 335 g/mol. The SMILES string of the molecule is CC1CCC(OC2CCC(C(C)(C)C3CCC(C)CC3)CC2)CC1. The van der Waals surface area contributed by atoms with Gasteiger partial charge in [0.15, 0.2) is 0 Å². The minimum absolute atomic E-state index is 0.547. The van der Waals surface area contributed by atoms with E-state index in [0.717, 1.165) is 23.7 Å². The van der Waals surface area contributed by atoms with Gasteiger partial charge in [-0.1, -0.05) is 40.5 Å². The van der Waals surface area contributed by atoms with Crippen LogP contribution in [0.3, 0.4) is 0 Å². The van der Waals surface area contributed by atoms with Crippen LogP contribution in [0.1, 0.15) is 105 Å². The lowest BCUT2D eigenvalue weighted by atomic mass is 9.60. The first-order valence-electron chi connectivity index (χ1n) is 11.1. The predicted molar refractivity (Wildman–Crippen MR) is 103 cm³/mol. The average Bonchev–Trinajstić information content (AvgIpc) is 2.58. The number of ether oxygens (including phenoxy) is 1. The Hall–Kier alpha value is -0.0400. The minimum Gasteiger partial charge on any atom is -0.375 e. The van der Waals surface area contributed by atoms with E-state index in [1.54, 1.807) is 0 Å². The monoisotopic (exact) mass is 334 g/mol. The Morgan fingerprint density at radius 2 is 0.875 bits per heavy atom. The summed E-state index contributed by atoms with van der Waals surface area (Å²) in [6.07, 6.45) is 17.9. The van der Waals surface area contributed by atoms with E-state index >= 15 is 0 Å². The maximum Gasteiger partial charge on any atom is 0.0579 e. The Balaban J connectivity index is 1.44. The topological polar surface area (TPSA) is 9.23 Å². The molecule has 0 bridgehead atoms. The normalized spacial score (nSPS) is 42.0. The Morgan fingerprint density at radius 3 is 1.33 bits per heavy atom. The Kier molecular flexibility index (Phi) is 6.33. The van der Waals surface area contributed by atoms with E-state index < -0.39 is 0 Å². The molecule has 1 heteroatoms. The molecule has 0 aromatic heterocycles. The molecule has 24 heavy (non-hydrogen) atoms. The van der Waals surface area contributed by atoms with Crippen molar-refractivity contribution in [1.82, 2.24) is 0 Å². The molecule has 0 unspecified atom stereocenters. The van der Waals surface area contributed by atoms with Crippen molar-refractivity contribution in [3.63, 3.8) is 0 Å². The van der Waals surface area contributed by atoms with Gasteiger partial charge in [-0.25, -0.2) is 0 Å². The van der Waals surface area contributed by atoms with E-state index in [-0.39, 0.29) is 0 Å². The minimum atomic E-state index is 0.547. The van der Waals surface area contributed by atoms with E-state index in [1.165, 1.54) is 77.0 Å². The second-order valence-electron chi connectivity index (χ2n) is 10.3. The Labute approximate surface area is 151 Å². The summed E-state index contributed by atoms with van der Waals surface area (Å²) in [5, 5.41) is 0. The van der Waals surface area contributed by atoms with Crippen LogP contribution >= 0.6 is 0 Å². The zero-order chi connectivity index (χ0) is 17.2. The number of rotatable bonds is 4. The lowest BCUT2D eigenvalue weighted by molar-refractivity contribution is -0.0687.